The van der Waals surface area contributed by atoms with Gasteiger partial charge in [-0.25, -0.2) is 0 Å². The Balaban J connectivity index is 1.25. The van der Waals surface area contributed by atoms with E-state index >= 15 is 0 Å². The summed E-state index contributed by atoms with van der Waals surface area (Å²) in [6, 6.07) is 0.826. The number of carbonyl (C=O) groups excluding carboxylic acids is 1. The molecule has 7 heteroatoms. The van der Waals surface area contributed by atoms with Crippen molar-refractivity contribution in [2.45, 2.75) is 64.1 Å². The van der Waals surface area contributed by atoms with Crippen LogP contribution in [0.5, 0.6) is 0 Å². The highest BCUT2D eigenvalue weighted by Gasteiger charge is 2.59. The van der Waals surface area contributed by atoms with Crippen LogP contribution in [-0.4, -0.2) is 73.2 Å². The lowest BCUT2D eigenvalue weighted by atomic mass is 9.57. The summed E-state index contributed by atoms with van der Waals surface area (Å²) in [6.07, 6.45) is 5.60. The van der Waals surface area contributed by atoms with E-state index in [4.69, 9.17) is 4.74 Å². The Bertz CT molecular complexity index is 597. The molecule has 0 bridgehead atoms. The molecule has 4 aliphatic rings. The maximum Gasteiger partial charge on any atom is 0.225 e. The molecule has 0 aromatic carbocycles. The first kappa shape index (κ1) is 20.3. The molecule has 0 aromatic rings. The summed E-state index contributed by atoms with van der Waals surface area (Å²) in [4.78, 5) is 19.3. The molecule has 0 aromatic heterocycles. The first-order chi connectivity index (χ1) is 13.5. The van der Waals surface area contributed by atoms with Crippen molar-refractivity contribution in [2.24, 2.45) is 22.2 Å². The van der Waals surface area contributed by atoms with E-state index in [0.717, 1.165) is 69.3 Å². The fourth-order valence-electron chi connectivity index (χ4n) is 5.66. The van der Waals surface area contributed by atoms with Crippen LogP contribution in [-0.2, 0) is 9.53 Å². The van der Waals surface area contributed by atoms with Crippen molar-refractivity contribution in [1.82, 2.24) is 15.5 Å². The summed E-state index contributed by atoms with van der Waals surface area (Å²) in [5.41, 5.74) is 0.148. The number of hydrogen-bond acceptors (Lipinski definition) is 4. The molecule has 3 atom stereocenters. The highest BCUT2D eigenvalue weighted by Crippen LogP contribution is 2.52. The van der Waals surface area contributed by atoms with Crippen LogP contribution in [0.3, 0.4) is 0 Å². The van der Waals surface area contributed by atoms with Gasteiger partial charge in [-0.1, -0.05) is 13.8 Å². The van der Waals surface area contributed by atoms with Gasteiger partial charge in [0.15, 0.2) is 5.96 Å². The fourth-order valence-corrected chi connectivity index (χ4v) is 6.56. The number of hydrogen-bond donors (Lipinski definition) is 2. The summed E-state index contributed by atoms with van der Waals surface area (Å²) in [5.74, 6) is 4.31. The largest absolute Gasteiger partial charge is 0.377 e. The minimum absolute atomic E-state index is 0.148. The Kier molecular flexibility index (Phi) is 6.12. The fraction of sp³-hybridized carbons (Fsp3) is 0.905. The number of aliphatic imine (C=N–C) groups is 1. The second-order valence-electron chi connectivity index (χ2n) is 9.39. The van der Waals surface area contributed by atoms with Gasteiger partial charge in [0.25, 0.3) is 0 Å². The van der Waals surface area contributed by atoms with Crippen molar-refractivity contribution in [3.05, 3.63) is 0 Å². The van der Waals surface area contributed by atoms with E-state index in [1.54, 1.807) is 0 Å². The van der Waals surface area contributed by atoms with Crippen molar-refractivity contribution in [3.8, 4) is 0 Å². The number of amides is 1. The summed E-state index contributed by atoms with van der Waals surface area (Å²) >= 11 is 1.96. The van der Waals surface area contributed by atoms with E-state index in [9.17, 15) is 4.79 Å². The van der Waals surface area contributed by atoms with Crippen LogP contribution in [0.4, 0.5) is 0 Å². The smallest absolute Gasteiger partial charge is 0.225 e. The van der Waals surface area contributed by atoms with Gasteiger partial charge in [-0.15, -0.1) is 0 Å². The topological polar surface area (TPSA) is 66.0 Å². The second kappa shape index (κ2) is 8.42. The molecule has 158 valence electrons. The first-order valence-electron chi connectivity index (χ1n) is 11.0. The van der Waals surface area contributed by atoms with Crippen LogP contribution >= 0.6 is 11.8 Å². The Hall–Kier alpha value is -0.950. The van der Waals surface area contributed by atoms with Crippen LogP contribution in [0.1, 0.15) is 46.0 Å². The Morgan fingerprint density at radius 2 is 1.82 bits per heavy atom. The predicted molar refractivity (Wildman–Crippen MR) is 115 cm³/mol. The quantitative estimate of drug-likeness (QED) is 0.553. The lowest BCUT2D eigenvalue weighted by molar-refractivity contribution is -0.136. The zero-order chi connectivity index (χ0) is 19.7. The predicted octanol–water partition coefficient (Wildman–Crippen LogP) is 2.10. The average Bonchev–Trinajstić information content (AvgIpc) is 3.19. The molecule has 0 radical (unpaired) electrons. The minimum atomic E-state index is 0.148. The van der Waals surface area contributed by atoms with E-state index in [-0.39, 0.29) is 11.3 Å². The number of ether oxygens (including phenoxy) is 1. The standard InChI is InChI=1S/C21H36N4O2S/c1-21(2)17(16-8-11-27-18(16)21)24-20(22-3)23-15-6-4-14(5-7-15)19(26)25-9-12-28-13-10-25/h14-18H,4-13H2,1-3H3,(H2,22,23,24). The van der Waals surface area contributed by atoms with Crippen LogP contribution in [0, 0.1) is 17.3 Å². The number of guanidine groups is 1. The van der Waals surface area contributed by atoms with Gasteiger partial charge in [0, 0.05) is 67.6 Å². The lowest BCUT2D eigenvalue weighted by Crippen LogP contribution is -2.68. The van der Waals surface area contributed by atoms with Crippen molar-refractivity contribution in [3.63, 3.8) is 0 Å². The molecule has 6 nitrogen and oxygen atoms in total. The molecule has 2 aliphatic heterocycles. The first-order valence-corrected chi connectivity index (χ1v) is 12.1. The number of nitrogens with zero attached hydrogens (tertiary/aromatic N) is 2. The van der Waals surface area contributed by atoms with Crippen LogP contribution in [0.25, 0.3) is 0 Å². The third-order valence-corrected chi connectivity index (χ3v) is 8.30. The van der Waals surface area contributed by atoms with E-state index in [1.807, 2.05) is 18.8 Å². The van der Waals surface area contributed by atoms with Gasteiger partial charge in [0.1, 0.15) is 0 Å². The molecule has 4 fully saturated rings. The number of rotatable bonds is 3. The third-order valence-electron chi connectivity index (χ3n) is 7.36. The molecule has 2 N–H and O–H groups in total. The highest BCUT2D eigenvalue weighted by molar-refractivity contribution is 7.99. The average molecular weight is 409 g/mol. The third kappa shape index (κ3) is 3.89. The molecule has 1 amide bonds. The van der Waals surface area contributed by atoms with Gasteiger partial charge in [0.2, 0.25) is 5.91 Å². The summed E-state index contributed by atoms with van der Waals surface area (Å²) in [5, 5.41) is 7.31. The molecule has 2 aliphatic carbocycles. The second-order valence-corrected chi connectivity index (χ2v) is 10.6. The summed E-state index contributed by atoms with van der Waals surface area (Å²) in [6.45, 7) is 7.33. The summed E-state index contributed by atoms with van der Waals surface area (Å²) in [7, 11) is 1.85. The Morgan fingerprint density at radius 3 is 2.50 bits per heavy atom. The van der Waals surface area contributed by atoms with Crippen LogP contribution in [0.15, 0.2) is 4.99 Å². The summed E-state index contributed by atoms with van der Waals surface area (Å²) < 4.78 is 5.91. The number of fused-ring (bicyclic) bond motifs is 1. The maximum atomic E-state index is 12.8. The SMILES string of the molecule is CN=C(NC1CCC(C(=O)N2CCSCC2)CC1)NC1C2CCOC2C1(C)C. The minimum Gasteiger partial charge on any atom is -0.377 e. The van der Waals surface area contributed by atoms with Gasteiger partial charge in [0.05, 0.1) is 6.10 Å². The van der Waals surface area contributed by atoms with Gasteiger partial charge >= 0.3 is 0 Å². The van der Waals surface area contributed by atoms with Gasteiger partial charge in [-0.2, -0.15) is 11.8 Å². The number of nitrogens with one attached hydrogen (secondary N) is 2. The molecule has 2 saturated heterocycles. The monoisotopic (exact) mass is 408 g/mol. The van der Waals surface area contributed by atoms with E-state index in [2.05, 4.69) is 34.4 Å². The number of thioether (sulfide) groups is 1. The molecular formula is C21H36N4O2S. The molecular weight excluding hydrogens is 372 g/mol. The molecule has 28 heavy (non-hydrogen) atoms. The lowest BCUT2D eigenvalue weighted by Gasteiger charge is -2.55. The van der Waals surface area contributed by atoms with Crippen molar-refractivity contribution in [1.29, 1.82) is 0 Å². The van der Waals surface area contributed by atoms with E-state index in [1.165, 1.54) is 0 Å². The van der Waals surface area contributed by atoms with Crippen LogP contribution in [0.2, 0.25) is 0 Å². The Labute approximate surface area is 173 Å². The zero-order valence-corrected chi connectivity index (χ0v) is 18.4. The van der Waals surface area contributed by atoms with Crippen molar-refractivity contribution >= 4 is 23.6 Å². The van der Waals surface area contributed by atoms with E-state index < -0.39 is 0 Å². The zero-order valence-electron chi connectivity index (χ0n) is 17.6. The molecule has 3 unspecified atom stereocenters. The van der Waals surface area contributed by atoms with Crippen molar-refractivity contribution in [2.75, 3.05) is 38.2 Å². The highest BCUT2D eigenvalue weighted by atomic mass is 32.2. The van der Waals surface area contributed by atoms with E-state index in [0.29, 0.717) is 30.0 Å². The van der Waals surface area contributed by atoms with Gasteiger partial charge in [-0.3, -0.25) is 9.79 Å². The molecule has 2 saturated carbocycles. The van der Waals surface area contributed by atoms with Gasteiger partial charge < -0.3 is 20.3 Å². The maximum absolute atomic E-state index is 12.8. The van der Waals surface area contributed by atoms with Gasteiger partial charge in [-0.05, 0) is 32.1 Å². The molecule has 0 spiro atoms. The van der Waals surface area contributed by atoms with Crippen LogP contribution < -0.4 is 10.6 Å². The molecule has 4 rings (SSSR count). The molecule has 2 heterocycles. The van der Waals surface area contributed by atoms with Crippen molar-refractivity contribution < 1.29 is 9.53 Å². The number of carbonyl (C=O) groups is 1. The normalized spacial score (nSPS) is 37.8. The Morgan fingerprint density at radius 1 is 1.11 bits per heavy atom.